The second kappa shape index (κ2) is 5.16. The topological polar surface area (TPSA) is 33.2 Å². The highest BCUT2D eigenvalue weighted by Gasteiger charge is 2.32. The Morgan fingerprint density at radius 1 is 1.39 bits per heavy atom. The van der Waals surface area contributed by atoms with E-state index in [1.165, 1.54) is 11.1 Å². The van der Waals surface area contributed by atoms with Gasteiger partial charge in [-0.3, -0.25) is 4.79 Å². The van der Waals surface area contributed by atoms with Gasteiger partial charge in [-0.1, -0.05) is 0 Å². The Hall–Kier alpha value is -1.92. The number of ketones is 1. The molecule has 0 radical (unpaired) electrons. The summed E-state index contributed by atoms with van der Waals surface area (Å²) >= 11 is 0. The first-order valence-corrected chi connectivity index (χ1v) is 4.83. The van der Waals surface area contributed by atoms with Crippen LogP contribution in [0.1, 0.15) is 16.1 Å². The second-order valence-corrected chi connectivity index (χ2v) is 3.70. The van der Waals surface area contributed by atoms with Crippen molar-refractivity contribution in [2.24, 2.45) is 0 Å². The van der Waals surface area contributed by atoms with Gasteiger partial charge >= 0.3 is 6.18 Å². The predicted molar refractivity (Wildman–Crippen MR) is 56.4 cm³/mol. The van der Waals surface area contributed by atoms with Crippen LogP contribution in [0.5, 0.6) is 0 Å². The smallest absolute Gasteiger partial charge is 0.383 e. The van der Waals surface area contributed by atoms with Crippen molar-refractivity contribution >= 4 is 5.78 Å². The van der Waals surface area contributed by atoms with E-state index >= 15 is 0 Å². The Morgan fingerprint density at radius 2 is 2.00 bits per heavy atom. The van der Waals surface area contributed by atoms with Crippen molar-refractivity contribution in [1.82, 2.24) is 9.88 Å². The fraction of sp³-hybridized carbons (Fsp3) is 0.273. The van der Waals surface area contributed by atoms with Crippen LogP contribution >= 0.6 is 0 Å². The van der Waals surface area contributed by atoms with Crippen molar-refractivity contribution in [3.8, 4) is 0 Å². The molecule has 1 heterocycles. The van der Waals surface area contributed by atoms with Crippen molar-refractivity contribution in [3.63, 3.8) is 0 Å². The van der Waals surface area contributed by atoms with Gasteiger partial charge in [0.1, 0.15) is 5.69 Å². The average Bonchev–Trinajstić information content (AvgIpc) is 2.24. The van der Waals surface area contributed by atoms with E-state index in [4.69, 9.17) is 0 Å². The van der Waals surface area contributed by atoms with Gasteiger partial charge in [-0.25, -0.2) is 9.37 Å². The highest BCUT2D eigenvalue weighted by Crippen LogP contribution is 2.29. The molecule has 0 atom stereocenters. The van der Waals surface area contributed by atoms with Crippen molar-refractivity contribution in [2.45, 2.75) is 6.18 Å². The van der Waals surface area contributed by atoms with Crippen LogP contribution in [-0.4, -0.2) is 29.8 Å². The van der Waals surface area contributed by atoms with Crippen molar-refractivity contribution < 1.29 is 22.4 Å². The van der Waals surface area contributed by atoms with Crippen LogP contribution in [0.4, 0.5) is 17.6 Å². The van der Waals surface area contributed by atoms with Gasteiger partial charge in [-0.2, -0.15) is 13.2 Å². The number of carbonyl (C=O) groups is 1. The zero-order valence-corrected chi connectivity index (χ0v) is 9.62. The molecule has 0 saturated carbocycles. The number of pyridine rings is 1. The second-order valence-electron chi connectivity index (χ2n) is 3.70. The minimum Gasteiger partial charge on any atom is -0.383 e. The SMILES string of the molecule is CN(C)C=CC(=O)c1ncc(C(F)(F)F)cc1F. The fourth-order valence-electron chi connectivity index (χ4n) is 1.07. The van der Waals surface area contributed by atoms with Crippen LogP contribution in [0.3, 0.4) is 0 Å². The van der Waals surface area contributed by atoms with Gasteiger partial charge in [0.15, 0.2) is 5.82 Å². The summed E-state index contributed by atoms with van der Waals surface area (Å²) in [4.78, 5) is 16.2. The van der Waals surface area contributed by atoms with E-state index in [0.717, 1.165) is 6.08 Å². The quantitative estimate of drug-likeness (QED) is 0.476. The molecule has 0 aliphatic carbocycles. The van der Waals surface area contributed by atoms with Gasteiger partial charge in [-0.05, 0) is 6.07 Å². The van der Waals surface area contributed by atoms with Crippen LogP contribution in [0.15, 0.2) is 24.5 Å². The molecule has 1 rings (SSSR count). The highest BCUT2D eigenvalue weighted by molar-refractivity contribution is 6.03. The lowest BCUT2D eigenvalue weighted by atomic mass is 10.2. The molecule has 1 aromatic rings. The minimum atomic E-state index is -4.69. The summed E-state index contributed by atoms with van der Waals surface area (Å²) in [5.74, 6) is -2.09. The molecule has 0 bridgehead atoms. The molecule has 0 aliphatic heterocycles. The van der Waals surface area contributed by atoms with E-state index in [2.05, 4.69) is 4.98 Å². The van der Waals surface area contributed by atoms with E-state index < -0.39 is 29.0 Å². The Balaban J connectivity index is 3.03. The lowest BCUT2D eigenvalue weighted by Crippen LogP contribution is -2.11. The molecule has 0 saturated heterocycles. The molecule has 7 heteroatoms. The van der Waals surface area contributed by atoms with Gasteiger partial charge in [0, 0.05) is 32.6 Å². The van der Waals surface area contributed by atoms with E-state index in [1.54, 1.807) is 14.1 Å². The van der Waals surface area contributed by atoms with E-state index in [0.29, 0.717) is 6.20 Å². The first-order chi connectivity index (χ1) is 8.21. The Morgan fingerprint density at radius 3 is 2.44 bits per heavy atom. The third-order valence-corrected chi connectivity index (χ3v) is 1.93. The van der Waals surface area contributed by atoms with Crippen LogP contribution in [-0.2, 0) is 6.18 Å². The maximum atomic E-state index is 13.3. The number of halogens is 4. The van der Waals surface area contributed by atoms with Gasteiger partial charge in [-0.15, -0.1) is 0 Å². The van der Waals surface area contributed by atoms with Crippen LogP contribution in [0, 0.1) is 5.82 Å². The molecule has 98 valence electrons. The number of allylic oxidation sites excluding steroid dienone is 1. The minimum absolute atomic E-state index is 0.254. The number of aromatic nitrogens is 1. The maximum absolute atomic E-state index is 13.3. The number of carbonyl (C=O) groups excluding carboxylic acids is 1. The lowest BCUT2D eigenvalue weighted by molar-refractivity contribution is -0.138. The summed E-state index contributed by atoms with van der Waals surface area (Å²) in [5.41, 5.74) is -1.87. The molecule has 3 nitrogen and oxygen atoms in total. The molecule has 0 N–H and O–H groups in total. The molecule has 0 amide bonds. The molecule has 0 aromatic carbocycles. The number of hydrogen-bond donors (Lipinski definition) is 0. The zero-order chi connectivity index (χ0) is 13.9. The number of nitrogens with zero attached hydrogens (tertiary/aromatic N) is 2. The number of hydrogen-bond acceptors (Lipinski definition) is 3. The fourth-order valence-corrected chi connectivity index (χ4v) is 1.07. The van der Waals surface area contributed by atoms with Crippen molar-refractivity contribution in [3.05, 3.63) is 41.6 Å². The Labute approximate surface area is 101 Å². The summed E-state index contributed by atoms with van der Waals surface area (Å²) in [6.45, 7) is 0. The van der Waals surface area contributed by atoms with Gasteiger partial charge in [0.25, 0.3) is 0 Å². The summed E-state index contributed by atoms with van der Waals surface area (Å²) in [5, 5.41) is 0. The molecule has 0 fully saturated rings. The average molecular weight is 262 g/mol. The first kappa shape index (κ1) is 14.1. The zero-order valence-electron chi connectivity index (χ0n) is 9.62. The van der Waals surface area contributed by atoms with Crippen LogP contribution in [0.25, 0.3) is 0 Å². The predicted octanol–water partition coefficient (Wildman–Crippen LogP) is 2.50. The summed E-state index contributed by atoms with van der Waals surface area (Å²) in [7, 11) is 3.28. The third kappa shape index (κ3) is 3.54. The lowest BCUT2D eigenvalue weighted by Gasteiger charge is -2.07. The molecule has 18 heavy (non-hydrogen) atoms. The standard InChI is InChI=1S/C11H10F4N2O/c1-17(2)4-3-9(18)10-8(12)5-7(6-16-10)11(13,14)15/h3-6H,1-2H3. The maximum Gasteiger partial charge on any atom is 0.417 e. The molecule has 0 aliphatic rings. The van der Waals surface area contributed by atoms with Crippen molar-refractivity contribution in [2.75, 3.05) is 14.1 Å². The summed E-state index contributed by atoms with van der Waals surface area (Å²) in [6.07, 6.45) is -1.88. The van der Waals surface area contributed by atoms with Gasteiger partial charge in [0.05, 0.1) is 5.56 Å². The third-order valence-electron chi connectivity index (χ3n) is 1.93. The van der Waals surface area contributed by atoms with E-state index in [9.17, 15) is 22.4 Å². The first-order valence-electron chi connectivity index (χ1n) is 4.83. The van der Waals surface area contributed by atoms with Crippen LogP contribution < -0.4 is 0 Å². The van der Waals surface area contributed by atoms with Gasteiger partial charge in [0.2, 0.25) is 5.78 Å². The summed E-state index contributed by atoms with van der Waals surface area (Å²) in [6, 6.07) is 0.254. The normalized spacial score (nSPS) is 11.9. The number of rotatable bonds is 3. The Kier molecular flexibility index (Phi) is 4.05. The van der Waals surface area contributed by atoms with Gasteiger partial charge < -0.3 is 4.90 Å². The molecule has 0 unspecified atom stereocenters. The molecular weight excluding hydrogens is 252 g/mol. The monoisotopic (exact) mass is 262 g/mol. The summed E-state index contributed by atoms with van der Waals surface area (Å²) < 4.78 is 50.1. The van der Waals surface area contributed by atoms with E-state index in [-0.39, 0.29) is 6.07 Å². The molecule has 1 aromatic heterocycles. The molecular formula is C11H10F4N2O. The Bertz CT molecular complexity index is 480. The van der Waals surface area contributed by atoms with Crippen LogP contribution in [0.2, 0.25) is 0 Å². The molecule has 0 spiro atoms. The number of alkyl halides is 3. The van der Waals surface area contributed by atoms with Crippen molar-refractivity contribution in [1.29, 1.82) is 0 Å². The largest absolute Gasteiger partial charge is 0.417 e. The van der Waals surface area contributed by atoms with E-state index in [1.807, 2.05) is 0 Å². The highest BCUT2D eigenvalue weighted by atomic mass is 19.4.